The highest BCUT2D eigenvalue weighted by atomic mass is 16.5. The Morgan fingerprint density at radius 3 is 2.78 bits per heavy atom. The minimum atomic E-state index is -0.679. The Labute approximate surface area is 154 Å². The van der Waals surface area contributed by atoms with E-state index in [4.69, 9.17) is 9.15 Å². The summed E-state index contributed by atoms with van der Waals surface area (Å²) >= 11 is 0. The second-order valence-electron chi connectivity index (χ2n) is 5.77. The fourth-order valence-corrected chi connectivity index (χ4v) is 2.46. The van der Waals surface area contributed by atoms with E-state index in [-0.39, 0.29) is 31.1 Å². The smallest absolute Gasteiger partial charge is 0.338 e. The molecule has 9 heteroatoms. The molecule has 3 rings (SSSR count). The lowest BCUT2D eigenvalue weighted by Gasteiger charge is -2.13. The van der Waals surface area contributed by atoms with E-state index >= 15 is 0 Å². The van der Waals surface area contributed by atoms with Crippen molar-refractivity contribution >= 4 is 23.8 Å². The van der Waals surface area contributed by atoms with E-state index < -0.39 is 24.5 Å². The average molecular weight is 371 g/mol. The molecule has 0 unspecified atom stereocenters. The minimum absolute atomic E-state index is 0.0340. The van der Waals surface area contributed by atoms with Gasteiger partial charge in [-0.2, -0.15) is 0 Å². The summed E-state index contributed by atoms with van der Waals surface area (Å²) in [4.78, 5) is 48.1. The van der Waals surface area contributed by atoms with Gasteiger partial charge in [-0.15, -0.1) is 0 Å². The van der Waals surface area contributed by atoms with Crippen molar-refractivity contribution in [1.82, 2.24) is 15.5 Å². The Morgan fingerprint density at radius 2 is 2.07 bits per heavy atom. The van der Waals surface area contributed by atoms with Gasteiger partial charge in [-0.3, -0.25) is 14.5 Å². The lowest BCUT2D eigenvalue weighted by Crippen LogP contribution is -2.30. The monoisotopic (exact) mass is 371 g/mol. The van der Waals surface area contributed by atoms with Crippen LogP contribution in [0.3, 0.4) is 0 Å². The van der Waals surface area contributed by atoms with E-state index in [1.165, 1.54) is 18.4 Å². The van der Waals surface area contributed by atoms with Gasteiger partial charge in [0, 0.05) is 0 Å². The van der Waals surface area contributed by atoms with Crippen LogP contribution < -0.4 is 10.6 Å². The maximum atomic E-state index is 12.1. The maximum Gasteiger partial charge on any atom is 0.338 e. The molecule has 1 fully saturated rings. The number of imide groups is 1. The number of carbonyl (C=O) groups excluding carboxylic acids is 4. The number of furan rings is 1. The fraction of sp³-hybridized carbons (Fsp3) is 0.222. The van der Waals surface area contributed by atoms with Gasteiger partial charge >= 0.3 is 12.0 Å². The van der Waals surface area contributed by atoms with Crippen LogP contribution in [0.25, 0.3) is 0 Å². The highest BCUT2D eigenvalue weighted by Crippen LogP contribution is 2.12. The number of amides is 4. The van der Waals surface area contributed by atoms with E-state index in [0.717, 1.165) is 4.90 Å². The fourth-order valence-electron chi connectivity index (χ4n) is 2.46. The minimum Gasteiger partial charge on any atom is -0.467 e. The second-order valence-corrected chi connectivity index (χ2v) is 5.77. The molecule has 0 radical (unpaired) electrons. The number of ether oxygens (including phenoxy) is 1. The van der Waals surface area contributed by atoms with Gasteiger partial charge in [0.15, 0.2) is 6.61 Å². The van der Waals surface area contributed by atoms with Gasteiger partial charge in [-0.05, 0) is 29.8 Å². The third-order valence-electron chi connectivity index (χ3n) is 3.81. The van der Waals surface area contributed by atoms with Crippen molar-refractivity contribution in [2.45, 2.75) is 13.1 Å². The summed E-state index contributed by atoms with van der Waals surface area (Å²) in [6.07, 6.45) is 1.49. The number of esters is 1. The molecular weight excluding hydrogens is 354 g/mol. The van der Waals surface area contributed by atoms with Crippen molar-refractivity contribution < 1.29 is 28.3 Å². The molecule has 0 aliphatic carbocycles. The summed E-state index contributed by atoms with van der Waals surface area (Å²) in [5.74, 6) is -0.887. The quantitative estimate of drug-likeness (QED) is 0.549. The second kappa shape index (κ2) is 8.17. The van der Waals surface area contributed by atoms with Gasteiger partial charge in [-0.1, -0.05) is 12.1 Å². The van der Waals surface area contributed by atoms with Crippen LogP contribution in [-0.4, -0.2) is 41.9 Å². The van der Waals surface area contributed by atoms with E-state index in [9.17, 15) is 19.2 Å². The Bertz CT molecular complexity index is 846. The van der Waals surface area contributed by atoms with Gasteiger partial charge in [0.1, 0.15) is 5.76 Å². The number of hydrogen-bond donors (Lipinski definition) is 2. The van der Waals surface area contributed by atoms with Crippen molar-refractivity contribution in [3.05, 3.63) is 59.5 Å². The molecule has 1 aliphatic heterocycles. The van der Waals surface area contributed by atoms with E-state index in [1.807, 2.05) is 0 Å². The molecule has 1 saturated heterocycles. The number of benzene rings is 1. The van der Waals surface area contributed by atoms with Crippen molar-refractivity contribution in [2.75, 3.05) is 13.2 Å². The van der Waals surface area contributed by atoms with Crippen LogP contribution in [0.4, 0.5) is 4.79 Å². The van der Waals surface area contributed by atoms with Gasteiger partial charge in [0.05, 0.1) is 31.5 Å². The third-order valence-corrected chi connectivity index (χ3v) is 3.81. The molecule has 27 heavy (non-hydrogen) atoms. The summed E-state index contributed by atoms with van der Waals surface area (Å²) in [6.45, 7) is -0.218. The molecule has 1 aromatic carbocycles. The van der Waals surface area contributed by atoms with Crippen LogP contribution in [0, 0.1) is 0 Å². The van der Waals surface area contributed by atoms with Gasteiger partial charge in [-0.25, -0.2) is 9.59 Å². The SMILES string of the molecule is O=C(COC(=O)c1cccc(CN2C(=O)CNC2=O)c1)NCc1ccco1. The molecular formula is C18H17N3O6. The van der Waals surface area contributed by atoms with Gasteiger partial charge < -0.3 is 19.8 Å². The van der Waals surface area contributed by atoms with Crippen LogP contribution in [0.2, 0.25) is 0 Å². The molecule has 1 aliphatic rings. The molecule has 0 spiro atoms. The molecule has 0 bridgehead atoms. The van der Waals surface area contributed by atoms with Gasteiger partial charge in [0.25, 0.3) is 5.91 Å². The van der Waals surface area contributed by atoms with Crippen molar-refractivity contribution in [3.63, 3.8) is 0 Å². The van der Waals surface area contributed by atoms with Crippen LogP contribution in [0.15, 0.2) is 47.1 Å². The first-order valence-corrected chi connectivity index (χ1v) is 8.16. The van der Waals surface area contributed by atoms with Crippen molar-refractivity contribution in [1.29, 1.82) is 0 Å². The van der Waals surface area contributed by atoms with E-state index in [0.29, 0.717) is 11.3 Å². The van der Waals surface area contributed by atoms with Crippen molar-refractivity contribution in [2.24, 2.45) is 0 Å². The normalized spacial score (nSPS) is 13.4. The molecule has 1 aromatic heterocycles. The third kappa shape index (κ3) is 4.72. The van der Waals surface area contributed by atoms with E-state index in [2.05, 4.69) is 10.6 Å². The van der Waals surface area contributed by atoms with E-state index in [1.54, 1.807) is 24.3 Å². The Kier molecular flexibility index (Phi) is 5.50. The molecule has 2 aromatic rings. The first kappa shape index (κ1) is 18.2. The Morgan fingerprint density at radius 1 is 1.22 bits per heavy atom. The molecule has 140 valence electrons. The summed E-state index contributed by atoms with van der Waals surface area (Å²) in [5, 5.41) is 4.99. The Hall–Kier alpha value is -3.62. The largest absolute Gasteiger partial charge is 0.467 e. The number of nitrogens with zero attached hydrogens (tertiary/aromatic N) is 1. The molecule has 4 amide bonds. The number of hydrogen-bond acceptors (Lipinski definition) is 6. The lowest BCUT2D eigenvalue weighted by molar-refractivity contribution is -0.125. The van der Waals surface area contributed by atoms with Crippen LogP contribution in [-0.2, 0) is 27.4 Å². The Balaban J connectivity index is 1.51. The number of urea groups is 1. The van der Waals surface area contributed by atoms with Crippen LogP contribution in [0.5, 0.6) is 0 Å². The zero-order valence-corrected chi connectivity index (χ0v) is 14.3. The predicted octanol–water partition coefficient (Wildman–Crippen LogP) is 0.805. The summed E-state index contributed by atoms with van der Waals surface area (Å²) in [5.41, 5.74) is 0.815. The maximum absolute atomic E-state index is 12.1. The highest BCUT2D eigenvalue weighted by Gasteiger charge is 2.28. The summed E-state index contributed by atoms with van der Waals surface area (Å²) in [6, 6.07) is 9.28. The molecule has 0 saturated carbocycles. The van der Waals surface area contributed by atoms with Gasteiger partial charge in [0.2, 0.25) is 5.91 Å². The first-order chi connectivity index (χ1) is 13.0. The molecule has 2 N–H and O–H groups in total. The average Bonchev–Trinajstić information content (AvgIpc) is 3.30. The highest BCUT2D eigenvalue weighted by molar-refractivity contribution is 6.01. The number of rotatable bonds is 7. The lowest BCUT2D eigenvalue weighted by atomic mass is 10.1. The zero-order valence-electron chi connectivity index (χ0n) is 14.3. The standard InChI is InChI=1S/C18H17N3O6/c22-15(19-8-14-5-2-6-26-14)11-27-17(24)13-4-1-3-12(7-13)10-21-16(23)9-20-18(21)25/h1-7H,8-11H2,(H,19,22)(H,20,25). The van der Waals surface area contributed by atoms with Crippen LogP contribution >= 0.6 is 0 Å². The predicted molar refractivity (Wildman–Crippen MR) is 91.2 cm³/mol. The molecule has 0 atom stereocenters. The molecule has 2 heterocycles. The topological polar surface area (TPSA) is 118 Å². The first-order valence-electron chi connectivity index (χ1n) is 8.16. The van der Waals surface area contributed by atoms with Crippen molar-refractivity contribution in [3.8, 4) is 0 Å². The number of nitrogens with one attached hydrogen (secondary N) is 2. The molecule has 9 nitrogen and oxygen atoms in total. The summed E-state index contributed by atoms with van der Waals surface area (Å²) < 4.78 is 10.1. The van der Waals surface area contributed by atoms with Crippen LogP contribution in [0.1, 0.15) is 21.7 Å². The number of carbonyl (C=O) groups is 4. The zero-order chi connectivity index (χ0) is 19.2. The summed E-state index contributed by atoms with van der Waals surface area (Å²) in [7, 11) is 0.